The quantitative estimate of drug-likeness (QED) is 0.583. The summed E-state index contributed by atoms with van der Waals surface area (Å²) < 4.78 is 7.76. The molecule has 0 saturated heterocycles. The molecule has 0 spiro atoms. The third-order valence-electron chi connectivity index (χ3n) is 5.04. The highest BCUT2D eigenvalue weighted by Crippen LogP contribution is 2.36. The topological polar surface area (TPSA) is 73.0 Å². The second-order valence-electron chi connectivity index (χ2n) is 7.06. The van der Waals surface area contributed by atoms with Crippen LogP contribution in [0.3, 0.4) is 0 Å². The van der Waals surface area contributed by atoms with Crippen LogP contribution in [0.4, 0.5) is 5.69 Å². The summed E-state index contributed by atoms with van der Waals surface area (Å²) in [6, 6.07) is 13.6. The van der Waals surface area contributed by atoms with E-state index >= 15 is 0 Å². The summed E-state index contributed by atoms with van der Waals surface area (Å²) in [5, 5.41) is 12.2. The van der Waals surface area contributed by atoms with Gasteiger partial charge in [-0.2, -0.15) is 0 Å². The van der Waals surface area contributed by atoms with E-state index in [4.69, 9.17) is 4.42 Å². The molecule has 1 unspecified atom stereocenters. The van der Waals surface area contributed by atoms with Crippen molar-refractivity contribution >= 4 is 23.4 Å². The number of benzene rings is 1. The van der Waals surface area contributed by atoms with Gasteiger partial charge in [-0.3, -0.25) is 9.36 Å². The van der Waals surface area contributed by atoms with Crippen LogP contribution in [0.2, 0.25) is 0 Å². The Balaban J connectivity index is 1.56. The van der Waals surface area contributed by atoms with Gasteiger partial charge in [-0.25, -0.2) is 0 Å². The fraction of sp³-hybridized carbons (Fsp3) is 0.381. The smallest absolute Gasteiger partial charge is 0.237 e. The molecule has 7 heteroatoms. The number of furan rings is 1. The van der Waals surface area contributed by atoms with Gasteiger partial charge < -0.3 is 9.73 Å². The maximum absolute atomic E-state index is 12.6. The standard InChI is InChI=1S/C21H24N4O2S/c1-15(20(26)22-16-9-4-2-5-10-16)28-21-24-23-19(18-13-8-14-27-18)25(21)17-11-6-3-7-12-17/h2,4-5,8-10,13-15,17H,3,6-7,11-12H2,1H3,(H,22,26). The zero-order valence-electron chi connectivity index (χ0n) is 15.9. The van der Waals surface area contributed by atoms with Crippen molar-refractivity contribution in [2.45, 2.75) is 55.5 Å². The van der Waals surface area contributed by atoms with E-state index in [1.165, 1.54) is 31.0 Å². The monoisotopic (exact) mass is 396 g/mol. The van der Waals surface area contributed by atoms with Crippen molar-refractivity contribution in [1.82, 2.24) is 14.8 Å². The second kappa shape index (κ2) is 8.65. The number of para-hydroxylation sites is 1. The molecular formula is C21H24N4O2S. The van der Waals surface area contributed by atoms with Crippen LogP contribution < -0.4 is 5.32 Å². The van der Waals surface area contributed by atoms with Crippen LogP contribution in [-0.4, -0.2) is 25.9 Å². The number of hydrogen-bond acceptors (Lipinski definition) is 5. The zero-order valence-corrected chi connectivity index (χ0v) is 16.7. The van der Waals surface area contributed by atoms with Gasteiger partial charge in [0.2, 0.25) is 11.7 Å². The van der Waals surface area contributed by atoms with Gasteiger partial charge in [0.1, 0.15) is 0 Å². The van der Waals surface area contributed by atoms with Crippen LogP contribution in [0, 0.1) is 0 Å². The van der Waals surface area contributed by atoms with E-state index in [0.29, 0.717) is 11.8 Å². The number of carbonyl (C=O) groups is 1. The molecule has 28 heavy (non-hydrogen) atoms. The van der Waals surface area contributed by atoms with Crippen LogP contribution in [0.15, 0.2) is 58.3 Å². The van der Waals surface area contributed by atoms with Gasteiger partial charge in [0.15, 0.2) is 10.9 Å². The number of nitrogens with one attached hydrogen (secondary N) is 1. The lowest BCUT2D eigenvalue weighted by Crippen LogP contribution is -2.23. The summed E-state index contributed by atoms with van der Waals surface area (Å²) in [7, 11) is 0. The number of amides is 1. The van der Waals surface area contributed by atoms with Crippen molar-refractivity contribution in [3.63, 3.8) is 0 Å². The first-order chi connectivity index (χ1) is 13.7. The largest absolute Gasteiger partial charge is 0.461 e. The van der Waals surface area contributed by atoms with Crippen LogP contribution in [0.25, 0.3) is 11.6 Å². The van der Waals surface area contributed by atoms with Gasteiger partial charge in [-0.15, -0.1) is 10.2 Å². The van der Waals surface area contributed by atoms with E-state index in [2.05, 4.69) is 20.1 Å². The van der Waals surface area contributed by atoms with Crippen LogP contribution >= 0.6 is 11.8 Å². The highest BCUT2D eigenvalue weighted by molar-refractivity contribution is 8.00. The Kier molecular flexibility index (Phi) is 5.81. The van der Waals surface area contributed by atoms with E-state index in [1.807, 2.05) is 49.4 Å². The maximum Gasteiger partial charge on any atom is 0.237 e. The van der Waals surface area contributed by atoms with Crippen molar-refractivity contribution in [1.29, 1.82) is 0 Å². The minimum Gasteiger partial charge on any atom is -0.461 e. The number of aromatic nitrogens is 3. The summed E-state index contributed by atoms with van der Waals surface area (Å²) in [4.78, 5) is 12.6. The number of carbonyl (C=O) groups excluding carboxylic acids is 1. The number of anilines is 1. The number of rotatable bonds is 6. The molecule has 0 radical (unpaired) electrons. The highest BCUT2D eigenvalue weighted by atomic mass is 32.2. The zero-order chi connectivity index (χ0) is 19.3. The Hall–Kier alpha value is -2.54. The molecule has 4 rings (SSSR count). The summed E-state index contributed by atoms with van der Waals surface area (Å²) >= 11 is 1.44. The molecule has 6 nitrogen and oxygen atoms in total. The third-order valence-corrected chi connectivity index (χ3v) is 6.10. The van der Waals surface area contributed by atoms with Crippen LogP contribution in [0.1, 0.15) is 45.1 Å². The number of hydrogen-bond donors (Lipinski definition) is 1. The molecule has 1 atom stereocenters. The molecule has 2 heterocycles. The Morgan fingerprint density at radius 3 is 2.64 bits per heavy atom. The van der Waals surface area contributed by atoms with Crippen molar-refractivity contribution in [3.05, 3.63) is 48.7 Å². The van der Waals surface area contributed by atoms with Gasteiger partial charge >= 0.3 is 0 Å². The predicted octanol–water partition coefficient (Wildman–Crippen LogP) is 5.16. The molecular weight excluding hydrogens is 372 g/mol. The molecule has 0 aliphatic heterocycles. The van der Waals surface area contributed by atoms with Crippen LogP contribution in [-0.2, 0) is 4.79 Å². The average molecular weight is 397 g/mol. The molecule has 0 bridgehead atoms. The van der Waals surface area contributed by atoms with E-state index in [0.717, 1.165) is 29.5 Å². The van der Waals surface area contributed by atoms with E-state index in [9.17, 15) is 4.79 Å². The van der Waals surface area contributed by atoms with Crippen molar-refractivity contribution < 1.29 is 9.21 Å². The maximum atomic E-state index is 12.6. The Labute approximate surface area is 168 Å². The minimum absolute atomic E-state index is 0.0473. The molecule has 1 saturated carbocycles. The minimum atomic E-state index is -0.295. The second-order valence-corrected chi connectivity index (χ2v) is 8.37. The Bertz CT molecular complexity index is 902. The van der Waals surface area contributed by atoms with Crippen LogP contribution in [0.5, 0.6) is 0 Å². The summed E-state index contributed by atoms with van der Waals surface area (Å²) in [5.41, 5.74) is 0.796. The van der Waals surface area contributed by atoms with E-state index in [-0.39, 0.29) is 11.2 Å². The summed E-state index contributed by atoms with van der Waals surface area (Å²) in [6.45, 7) is 1.90. The molecule has 3 aromatic rings. The first-order valence-corrected chi connectivity index (χ1v) is 10.6. The molecule has 1 aromatic carbocycles. The lowest BCUT2D eigenvalue weighted by Gasteiger charge is -2.25. The van der Waals surface area contributed by atoms with Gasteiger partial charge in [-0.1, -0.05) is 49.2 Å². The lowest BCUT2D eigenvalue weighted by molar-refractivity contribution is -0.115. The molecule has 146 valence electrons. The highest BCUT2D eigenvalue weighted by Gasteiger charge is 2.27. The molecule has 1 fully saturated rings. The number of thioether (sulfide) groups is 1. The molecule has 1 aliphatic rings. The molecule has 1 N–H and O–H groups in total. The van der Waals surface area contributed by atoms with Crippen molar-refractivity contribution in [2.75, 3.05) is 5.32 Å². The Morgan fingerprint density at radius 2 is 1.93 bits per heavy atom. The van der Waals surface area contributed by atoms with Gasteiger partial charge in [0, 0.05) is 11.7 Å². The number of nitrogens with zero attached hydrogens (tertiary/aromatic N) is 3. The fourth-order valence-electron chi connectivity index (χ4n) is 3.58. The van der Waals surface area contributed by atoms with E-state index < -0.39 is 0 Å². The Morgan fingerprint density at radius 1 is 1.14 bits per heavy atom. The van der Waals surface area contributed by atoms with Crippen molar-refractivity contribution in [2.24, 2.45) is 0 Å². The lowest BCUT2D eigenvalue weighted by atomic mass is 9.95. The van der Waals surface area contributed by atoms with Crippen molar-refractivity contribution in [3.8, 4) is 11.6 Å². The third kappa shape index (κ3) is 4.14. The summed E-state index contributed by atoms with van der Waals surface area (Å²) in [5.74, 6) is 1.41. The fourth-order valence-corrected chi connectivity index (χ4v) is 4.50. The molecule has 1 aliphatic carbocycles. The van der Waals surface area contributed by atoms with Gasteiger partial charge in [0.25, 0.3) is 0 Å². The van der Waals surface area contributed by atoms with Gasteiger partial charge in [0.05, 0.1) is 11.5 Å². The normalized spacial score (nSPS) is 16.0. The average Bonchev–Trinajstić information content (AvgIpc) is 3.39. The SMILES string of the molecule is CC(Sc1nnc(-c2ccco2)n1C1CCCCC1)C(=O)Nc1ccccc1. The molecule has 2 aromatic heterocycles. The predicted molar refractivity (Wildman–Crippen MR) is 110 cm³/mol. The van der Waals surface area contributed by atoms with Gasteiger partial charge in [-0.05, 0) is 44.0 Å². The summed E-state index contributed by atoms with van der Waals surface area (Å²) in [6.07, 6.45) is 7.53. The first-order valence-electron chi connectivity index (χ1n) is 9.73. The first kappa shape index (κ1) is 18.8. The molecule has 1 amide bonds. The van der Waals surface area contributed by atoms with E-state index in [1.54, 1.807) is 6.26 Å².